The normalized spacial score (nSPS) is 11.0. The summed E-state index contributed by atoms with van der Waals surface area (Å²) in [6.45, 7) is 2.93. The van der Waals surface area contributed by atoms with Crippen LogP contribution in [0.3, 0.4) is 0 Å². The first kappa shape index (κ1) is 15.8. The highest BCUT2D eigenvalue weighted by Gasteiger charge is 2.10. The molecule has 2 rings (SSSR count). The third-order valence-electron chi connectivity index (χ3n) is 3.19. The van der Waals surface area contributed by atoms with E-state index < -0.39 is 0 Å². The molecule has 0 bridgehead atoms. The number of rotatable bonds is 8. The third-order valence-corrected chi connectivity index (χ3v) is 4.19. The number of hydrogen-bond acceptors (Lipinski definition) is 5. The van der Waals surface area contributed by atoms with Crippen LogP contribution in [0.25, 0.3) is 11.0 Å². The van der Waals surface area contributed by atoms with E-state index in [2.05, 4.69) is 27.3 Å². The molecule has 0 atom stereocenters. The van der Waals surface area contributed by atoms with E-state index in [1.165, 1.54) is 37.4 Å². The SMILES string of the molecule is CCCCCCNC(=O)CSc1ncnc2c1cnn2C. The first-order chi connectivity index (χ1) is 10.2. The molecule has 7 heteroatoms. The van der Waals surface area contributed by atoms with E-state index in [0.29, 0.717) is 5.75 Å². The minimum atomic E-state index is 0.0483. The van der Waals surface area contributed by atoms with Crippen LogP contribution in [0.2, 0.25) is 0 Å². The monoisotopic (exact) mass is 307 g/mol. The van der Waals surface area contributed by atoms with Crippen LogP contribution in [0.1, 0.15) is 32.6 Å². The van der Waals surface area contributed by atoms with Gasteiger partial charge in [0.05, 0.1) is 17.3 Å². The van der Waals surface area contributed by atoms with Gasteiger partial charge < -0.3 is 5.32 Å². The van der Waals surface area contributed by atoms with Gasteiger partial charge in [-0.15, -0.1) is 0 Å². The van der Waals surface area contributed by atoms with E-state index in [0.717, 1.165) is 29.0 Å². The molecule has 0 aromatic carbocycles. The second-order valence-electron chi connectivity index (χ2n) is 4.88. The molecule has 2 aromatic rings. The van der Waals surface area contributed by atoms with Crippen molar-refractivity contribution in [3.05, 3.63) is 12.5 Å². The number of carbonyl (C=O) groups is 1. The van der Waals surface area contributed by atoms with E-state index in [1.807, 2.05) is 7.05 Å². The van der Waals surface area contributed by atoms with Crippen LogP contribution in [-0.4, -0.2) is 38.0 Å². The minimum Gasteiger partial charge on any atom is -0.355 e. The standard InChI is InChI=1S/C14H21N5OS/c1-3-4-5-6-7-15-12(20)9-21-14-11-8-18-19(2)13(11)16-10-17-14/h8,10H,3-7,9H2,1-2H3,(H,15,20). The van der Waals surface area contributed by atoms with Gasteiger partial charge in [0.15, 0.2) is 5.65 Å². The first-order valence-electron chi connectivity index (χ1n) is 7.24. The number of carbonyl (C=O) groups excluding carboxylic acids is 1. The summed E-state index contributed by atoms with van der Waals surface area (Å²) < 4.78 is 1.70. The van der Waals surface area contributed by atoms with Crippen molar-refractivity contribution in [3.63, 3.8) is 0 Å². The Kier molecular flexibility index (Phi) is 5.98. The van der Waals surface area contributed by atoms with E-state index in [4.69, 9.17) is 0 Å². The second kappa shape index (κ2) is 7.97. The Hall–Kier alpha value is -1.63. The fraction of sp³-hybridized carbons (Fsp3) is 0.571. The van der Waals surface area contributed by atoms with E-state index >= 15 is 0 Å². The van der Waals surface area contributed by atoms with Crippen LogP contribution in [0, 0.1) is 0 Å². The van der Waals surface area contributed by atoms with Gasteiger partial charge in [-0.05, 0) is 6.42 Å². The summed E-state index contributed by atoms with van der Waals surface area (Å²) in [5.74, 6) is 0.418. The number of amides is 1. The van der Waals surface area contributed by atoms with Crippen molar-refractivity contribution >= 4 is 28.7 Å². The van der Waals surface area contributed by atoms with Crippen LogP contribution in [0.4, 0.5) is 0 Å². The Labute approximate surface area is 128 Å². The summed E-state index contributed by atoms with van der Waals surface area (Å²) in [5, 5.41) is 8.79. The number of fused-ring (bicyclic) bond motifs is 1. The average molecular weight is 307 g/mol. The van der Waals surface area contributed by atoms with E-state index in [1.54, 1.807) is 10.9 Å². The molecule has 0 aliphatic heterocycles. The molecule has 0 unspecified atom stereocenters. The molecule has 1 amide bonds. The zero-order valence-electron chi connectivity index (χ0n) is 12.5. The lowest BCUT2D eigenvalue weighted by Gasteiger charge is -2.05. The summed E-state index contributed by atoms with van der Waals surface area (Å²) in [7, 11) is 1.84. The van der Waals surface area contributed by atoms with Crippen LogP contribution in [-0.2, 0) is 11.8 Å². The predicted molar refractivity (Wildman–Crippen MR) is 84.2 cm³/mol. The predicted octanol–water partition coefficient (Wildman–Crippen LogP) is 2.15. The lowest BCUT2D eigenvalue weighted by molar-refractivity contribution is -0.118. The number of aromatic nitrogens is 4. The summed E-state index contributed by atoms with van der Waals surface area (Å²) >= 11 is 1.42. The molecule has 114 valence electrons. The van der Waals surface area contributed by atoms with Gasteiger partial charge in [-0.3, -0.25) is 9.48 Å². The number of unbranched alkanes of at least 4 members (excludes halogenated alkanes) is 3. The molecular formula is C14H21N5OS. The van der Waals surface area contributed by atoms with Crippen molar-refractivity contribution in [1.29, 1.82) is 0 Å². The van der Waals surface area contributed by atoms with Crippen molar-refractivity contribution in [1.82, 2.24) is 25.1 Å². The maximum absolute atomic E-state index is 11.8. The molecule has 0 radical (unpaired) electrons. The summed E-state index contributed by atoms with van der Waals surface area (Å²) in [6.07, 6.45) is 7.90. The molecule has 0 spiro atoms. The van der Waals surface area contributed by atoms with Crippen LogP contribution >= 0.6 is 11.8 Å². The first-order valence-corrected chi connectivity index (χ1v) is 8.23. The fourth-order valence-corrected chi connectivity index (χ4v) is 2.81. The number of hydrogen-bond donors (Lipinski definition) is 1. The summed E-state index contributed by atoms with van der Waals surface area (Å²) in [5.41, 5.74) is 0.785. The highest BCUT2D eigenvalue weighted by Crippen LogP contribution is 2.23. The fourth-order valence-electron chi connectivity index (χ4n) is 2.02. The summed E-state index contributed by atoms with van der Waals surface area (Å²) in [6, 6.07) is 0. The molecule has 2 heterocycles. The van der Waals surface area contributed by atoms with Gasteiger partial charge in [0.1, 0.15) is 11.4 Å². The Morgan fingerprint density at radius 2 is 2.19 bits per heavy atom. The molecule has 21 heavy (non-hydrogen) atoms. The van der Waals surface area contributed by atoms with Gasteiger partial charge in [-0.2, -0.15) is 5.10 Å². The van der Waals surface area contributed by atoms with Gasteiger partial charge in [0.2, 0.25) is 5.91 Å². The van der Waals surface area contributed by atoms with Crippen molar-refractivity contribution in [2.75, 3.05) is 12.3 Å². The molecule has 0 saturated carbocycles. The van der Waals surface area contributed by atoms with Crippen molar-refractivity contribution in [2.45, 2.75) is 37.6 Å². The van der Waals surface area contributed by atoms with Gasteiger partial charge in [0, 0.05) is 13.6 Å². The van der Waals surface area contributed by atoms with Crippen molar-refractivity contribution in [2.24, 2.45) is 7.05 Å². The van der Waals surface area contributed by atoms with Gasteiger partial charge in [0.25, 0.3) is 0 Å². The number of nitrogens with one attached hydrogen (secondary N) is 1. The summed E-state index contributed by atoms with van der Waals surface area (Å²) in [4.78, 5) is 20.2. The zero-order valence-corrected chi connectivity index (χ0v) is 13.3. The highest BCUT2D eigenvalue weighted by atomic mass is 32.2. The van der Waals surface area contributed by atoms with Crippen LogP contribution in [0.5, 0.6) is 0 Å². The topological polar surface area (TPSA) is 72.7 Å². The van der Waals surface area contributed by atoms with Crippen LogP contribution in [0.15, 0.2) is 17.6 Å². The molecule has 0 fully saturated rings. The molecule has 0 aliphatic rings. The Morgan fingerprint density at radius 3 is 3.00 bits per heavy atom. The molecule has 0 saturated heterocycles. The quantitative estimate of drug-likeness (QED) is 0.459. The smallest absolute Gasteiger partial charge is 0.230 e. The van der Waals surface area contributed by atoms with E-state index in [-0.39, 0.29) is 5.91 Å². The third kappa shape index (κ3) is 4.42. The average Bonchev–Trinajstić information content (AvgIpc) is 2.87. The lowest BCUT2D eigenvalue weighted by Crippen LogP contribution is -2.26. The number of aryl methyl sites for hydroxylation is 1. The molecule has 2 aromatic heterocycles. The molecular weight excluding hydrogens is 286 g/mol. The lowest BCUT2D eigenvalue weighted by atomic mass is 10.2. The zero-order chi connectivity index (χ0) is 15.1. The Morgan fingerprint density at radius 1 is 1.33 bits per heavy atom. The Bertz CT molecular complexity index is 598. The maximum atomic E-state index is 11.8. The van der Waals surface area contributed by atoms with E-state index in [9.17, 15) is 4.79 Å². The van der Waals surface area contributed by atoms with Crippen LogP contribution < -0.4 is 5.32 Å². The maximum Gasteiger partial charge on any atom is 0.230 e. The van der Waals surface area contributed by atoms with Gasteiger partial charge >= 0.3 is 0 Å². The largest absolute Gasteiger partial charge is 0.355 e. The van der Waals surface area contributed by atoms with Crippen molar-refractivity contribution in [3.8, 4) is 0 Å². The molecule has 6 nitrogen and oxygen atoms in total. The Balaban J connectivity index is 1.80. The minimum absolute atomic E-state index is 0.0483. The molecule has 1 N–H and O–H groups in total. The second-order valence-corrected chi connectivity index (χ2v) is 5.85. The van der Waals surface area contributed by atoms with Gasteiger partial charge in [-0.25, -0.2) is 9.97 Å². The van der Waals surface area contributed by atoms with Gasteiger partial charge in [-0.1, -0.05) is 37.9 Å². The number of thioether (sulfide) groups is 1. The van der Waals surface area contributed by atoms with Crippen molar-refractivity contribution < 1.29 is 4.79 Å². The number of nitrogens with zero attached hydrogens (tertiary/aromatic N) is 4. The highest BCUT2D eigenvalue weighted by molar-refractivity contribution is 8.00. The molecule has 0 aliphatic carbocycles.